The Morgan fingerprint density at radius 2 is 2.35 bits per heavy atom. The Balaban J connectivity index is 1.57. The summed E-state index contributed by atoms with van der Waals surface area (Å²) in [5, 5.41) is 7.74. The van der Waals surface area contributed by atoms with E-state index in [1.54, 1.807) is 0 Å². The van der Waals surface area contributed by atoms with Crippen molar-refractivity contribution in [2.45, 2.75) is 25.4 Å². The number of rotatable bonds is 4. The lowest BCUT2D eigenvalue weighted by molar-refractivity contribution is 0.478. The molecule has 2 aromatic rings. The molecule has 17 heavy (non-hydrogen) atoms. The van der Waals surface area contributed by atoms with Crippen LogP contribution in [0.5, 0.6) is 0 Å². The van der Waals surface area contributed by atoms with Gasteiger partial charge in [-0.1, -0.05) is 6.07 Å². The summed E-state index contributed by atoms with van der Waals surface area (Å²) in [5.41, 5.74) is 2.62. The molecule has 0 amide bonds. The maximum absolute atomic E-state index is 4.47. The molecule has 1 unspecified atom stereocenters. The lowest BCUT2D eigenvalue weighted by Gasteiger charge is -2.12. The van der Waals surface area contributed by atoms with Crippen molar-refractivity contribution in [3.8, 4) is 0 Å². The summed E-state index contributed by atoms with van der Waals surface area (Å²) in [7, 11) is 0. The summed E-state index contributed by atoms with van der Waals surface area (Å²) >= 11 is 0. The van der Waals surface area contributed by atoms with Crippen LogP contribution in [0.15, 0.2) is 36.8 Å². The van der Waals surface area contributed by atoms with Crippen LogP contribution in [-0.4, -0.2) is 21.3 Å². The van der Waals surface area contributed by atoms with Gasteiger partial charge in [0.25, 0.3) is 0 Å². The molecule has 0 spiro atoms. The predicted molar refractivity (Wildman–Crippen MR) is 65.5 cm³/mol. The van der Waals surface area contributed by atoms with E-state index in [1.165, 1.54) is 11.3 Å². The SMILES string of the molecule is c1cnc2c(c1)CCC2NCCn1cccn1. The van der Waals surface area contributed by atoms with Gasteiger partial charge in [0.2, 0.25) is 0 Å². The van der Waals surface area contributed by atoms with Crippen molar-refractivity contribution in [1.29, 1.82) is 0 Å². The van der Waals surface area contributed by atoms with Crippen molar-refractivity contribution < 1.29 is 0 Å². The maximum Gasteiger partial charge on any atom is 0.0605 e. The number of aryl methyl sites for hydroxylation is 1. The normalized spacial score (nSPS) is 18.2. The van der Waals surface area contributed by atoms with Crippen LogP contribution in [0.3, 0.4) is 0 Å². The molecule has 4 heteroatoms. The highest BCUT2D eigenvalue weighted by Gasteiger charge is 2.22. The van der Waals surface area contributed by atoms with Gasteiger partial charge < -0.3 is 5.32 Å². The zero-order valence-electron chi connectivity index (χ0n) is 9.71. The van der Waals surface area contributed by atoms with Crippen LogP contribution in [0, 0.1) is 0 Å². The minimum Gasteiger partial charge on any atom is -0.307 e. The van der Waals surface area contributed by atoms with Gasteiger partial charge in [-0.15, -0.1) is 0 Å². The summed E-state index contributed by atoms with van der Waals surface area (Å²) < 4.78 is 1.95. The van der Waals surface area contributed by atoms with Crippen LogP contribution in [0.4, 0.5) is 0 Å². The van der Waals surface area contributed by atoms with E-state index in [0.717, 1.165) is 25.9 Å². The van der Waals surface area contributed by atoms with Crippen LogP contribution < -0.4 is 5.32 Å². The van der Waals surface area contributed by atoms with Crippen molar-refractivity contribution in [3.05, 3.63) is 48.0 Å². The van der Waals surface area contributed by atoms with Gasteiger partial charge in [0, 0.05) is 25.1 Å². The minimum atomic E-state index is 0.418. The van der Waals surface area contributed by atoms with E-state index in [1.807, 2.05) is 35.4 Å². The molecule has 1 atom stereocenters. The third-order valence-electron chi connectivity index (χ3n) is 3.25. The summed E-state index contributed by atoms with van der Waals surface area (Å²) in [4.78, 5) is 4.47. The number of nitrogens with zero attached hydrogens (tertiary/aromatic N) is 3. The number of nitrogens with one attached hydrogen (secondary N) is 1. The molecule has 0 fully saturated rings. The van der Waals surface area contributed by atoms with E-state index in [4.69, 9.17) is 0 Å². The average Bonchev–Trinajstić information content (AvgIpc) is 2.99. The fourth-order valence-corrected chi connectivity index (χ4v) is 2.40. The molecule has 0 bridgehead atoms. The second-order valence-electron chi connectivity index (χ2n) is 4.36. The minimum absolute atomic E-state index is 0.418. The Kier molecular flexibility index (Phi) is 2.88. The number of aromatic nitrogens is 3. The molecule has 88 valence electrons. The maximum atomic E-state index is 4.47. The van der Waals surface area contributed by atoms with E-state index in [0.29, 0.717) is 6.04 Å². The van der Waals surface area contributed by atoms with Gasteiger partial charge in [-0.05, 0) is 30.5 Å². The zero-order chi connectivity index (χ0) is 11.5. The second-order valence-corrected chi connectivity index (χ2v) is 4.36. The third-order valence-corrected chi connectivity index (χ3v) is 3.25. The van der Waals surface area contributed by atoms with Crippen molar-refractivity contribution >= 4 is 0 Å². The predicted octanol–water partition coefficient (Wildman–Crippen LogP) is 1.56. The topological polar surface area (TPSA) is 42.7 Å². The molecule has 1 N–H and O–H groups in total. The third kappa shape index (κ3) is 2.22. The molecule has 4 nitrogen and oxygen atoms in total. The standard InChI is InChI=1S/C13H16N4/c1-3-11-4-5-12(13(11)15-6-1)14-8-10-17-9-2-7-16-17/h1-3,6-7,9,12,14H,4-5,8,10H2. The first-order valence-electron chi connectivity index (χ1n) is 6.08. The van der Waals surface area contributed by atoms with Crippen molar-refractivity contribution in [1.82, 2.24) is 20.1 Å². The van der Waals surface area contributed by atoms with E-state index in [-0.39, 0.29) is 0 Å². The van der Waals surface area contributed by atoms with Crippen LogP contribution in [-0.2, 0) is 13.0 Å². The second kappa shape index (κ2) is 4.67. The Bertz CT molecular complexity index is 478. The lowest BCUT2D eigenvalue weighted by atomic mass is 10.2. The molecular formula is C13H16N4. The first kappa shape index (κ1) is 10.5. The van der Waals surface area contributed by atoms with Crippen LogP contribution in [0.1, 0.15) is 23.7 Å². The summed E-state index contributed by atoms with van der Waals surface area (Å²) in [6, 6.07) is 6.57. The summed E-state index contributed by atoms with van der Waals surface area (Å²) in [6.45, 7) is 1.84. The highest BCUT2D eigenvalue weighted by atomic mass is 15.3. The van der Waals surface area contributed by atoms with E-state index in [2.05, 4.69) is 21.5 Å². The Hall–Kier alpha value is -1.68. The molecule has 2 aromatic heterocycles. The van der Waals surface area contributed by atoms with Crippen LogP contribution >= 0.6 is 0 Å². The van der Waals surface area contributed by atoms with Crippen molar-refractivity contribution in [2.24, 2.45) is 0 Å². The monoisotopic (exact) mass is 228 g/mol. The molecule has 1 aliphatic carbocycles. The molecule has 2 heterocycles. The highest BCUT2D eigenvalue weighted by molar-refractivity contribution is 5.27. The van der Waals surface area contributed by atoms with Gasteiger partial charge in [-0.3, -0.25) is 9.67 Å². The zero-order valence-corrected chi connectivity index (χ0v) is 9.71. The molecular weight excluding hydrogens is 212 g/mol. The van der Waals surface area contributed by atoms with E-state index in [9.17, 15) is 0 Å². The molecule has 3 rings (SSSR count). The smallest absolute Gasteiger partial charge is 0.0605 e. The lowest BCUT2D eigenvalue weighted by Crippen LogP contribution is -2.24. The van der Waals surface area contributed by atoms with Gasteiger partial charge in [0.05, 0.1) is 18.3 Å². The average molecular weight is 228 g/mol. The van der Waals surface area contributed by atoms with Gasteiger partial charge in [-0.2, -0.15) is 5.10 Å². The quantitative estimate of drug-likeness (QED) is 0.863. The molecule has 0 aromatic carbocycles. The molecule has 0 radical (unpaired) electrons. The largest absolute Gasteiger partial charge is 0.307 e. The fourth-order valence-electron chi connectivity index (χ4n) is 2.40. The van der Waals surface area contributed by atoms with Gasteiger partial charge in [-0.25, -0.2) is 0 Å². The Morgan fingerprint density at radius 3 is 3.24 bits per heavy atom. The van der Waals surface area contributed by atoms with Gasteiger partial charge >= 0.3 is 0 Å². The Labute approximate surface area is 101 Å². The van der Waals surface area contributed by atoms with Gasteiger partial charge in [0.15, 0.2) is 0 Å². The van der Waals surface area contributed by atoms with Crippen LogP contribution in [0.25, 0.3) is 0 Å². The highest BCUT2D eigenvalue weighted by Crippen LogP contribution is 2.28. The number of fused-ring (bicyclic) bond motifs is 1. The first-order chi connectivity index (χ1) is 8.43. The number of pyridine rings is 1. The van der Waals surface area contributed by atoms with Gasteiger partial charge in [0.1, 0.15) is 0 Å². The number of hydrogen-bond acceptors (Lipinski definition) is 3. The van der Waals surface area contributed by atoms with Crippen LogP contribution in [0.2, 0.25) is 0 Å². The molecule has 0 aliphatic heterocycles. The fraction of sp³-hybridized carbons (Fsp3) is 0.385. The van der Waals surface area contributed by atoms with Crippen molar-refractivity contribution in [3.63, 3.8) is 0 Å². The van der Waals surface area contributed by atoms with E-state index >= 15 is 0 Å². The van der Waals surface area contributed by atoms with E-state index < -0.39 is 0 Å². The van der Waals surface area contributed by atoms with Crippen molar-refractivity contribution in [2.75, 3.05) is 6.54 Å². The molecule has 0 saturated carbocycles. The first-order valence-corrected chi connectivity index (χ1v) is 6.08. The summed E-state index contributed by atoms with van der Waals surface area (Å²) in [5.74, 6) is 0. The number of hydrogen-bond donors (Lipinski definition) is 1. The Morgan fingerprint density at radius 1 is 1.35 bits per heavy atom. The summed E-state index contributed by atoms with van der Waals surface area (Å²) in [6.07, 6.45) is 7.98. The molecule has 1 aliphatic rings. The molecule has 0 saturated heterocycles.